The van der Waals surface area contributed by atoms with Gasteiger partial charge in [0, 0.05) is 25.3 Å². The van der Waals surface area contributed by atoms with Gasteiger partial charge < -0.3 is 15.5 Å². The number of carbonyl (C=O) groups is 1. The third-order valence-electron chi connectivity index (χ3n) is 3.72. The molecule has 116 valence electrons. The van der Waals surface area contributed by atoms with E-state index in [0.717, 1.165) is 43.7 Å². The van der Waals surface area contributed by atoms with Gasteiger partial charge in [0.15, 0.2) is 0 Å². The van der Waals surface area contributed by atoms with E-state index in [1.807, 2.05) is 18.2 Å². The first-order valence-corrected chi connectivity index (χ1v) is 8.18. The number of urea groups is 1. The molecule has 1 aliphatic rings. The highest BCUT2D eigenvalue weighted by molar-refractivity contribution is 6.33. The quantitative estimate of drug-likeness (QED) is 0.771. The summed E-state index contributed by atoms with van der Waals surface area (Å²) in [4.78, 5) is 14.0. The smallest absolute Gasteiger partial charge is 0.319 e. The predicted octanol–water partition coefficient (Wildman–Crippen LogP) is 4.25. The van der Waals surface area contributed by atoms with E-state index in [9.17, 15) is 4.79 Å². The van der Waals surface area contributed by atoms with Crippen molar-refractivity contribution in [2.24, 2.45) is 0 Å². The fourth-order valence-corrected chi connectivity index (χ4v) is 2.85. The van der Waals surface area contributed by atoms with Crippen LogP contribution in [0.4, 0.5) is 16.2 Å². The van der Waals surface area contributed by atoms with Crippen molar-refractivity contribution in [3.63, 3.8) is 0 Å². The number of unbranched alkanes of at least 4 members (excludes halogenated alkanes) is 2. The normalized spacial score (nSPS) is 14.3. The van der Waals surface area contributed by atoms with E-state index in [0.29, 0.717) is 11.6 Å². The Bertz CT molecular complexity index is 473. The largest absolute Gasteiger partial charge is 0.370 e. The Morgan fingerprint density at radius 1 is 1.29 bits per heavy atom. The molecule has 21 heavy (non-hydrogen) atoms. The molecule has 2 N–H and O–H groups in total. The summed E-state index contributed by atoms with van der Waals surface area (Å²) in [5, 5.41) is 6.37. The van der Waals surface area contributed by atoms with E-state index in [1.165, 1.54) is 12.8 Å². The monoisotopic (exact) mass is 309 g/mol. The number of anilines is 2. The lowest BCUT2D eigenvalue weighted by Crippen LogP contribution is -2.29. The predicted molar refractivity (Wildman–Crippen MR) is 89.4 cm³/mol. The van der Waals surface area contributed by atoms with Gasteiger partial charge in [0.1, 0.15) is 0 Å². The molecule has 0 atom stereocenters. The summed E-state index contributed by atoms with van der Waals surface area (Å²) >= 11 is 6.33. The number of benzene rings is 1. The van der Waals surface area contributed by atoms with Gasteiger partial charge in [-0.3, -0.25) is 0 Å². The molecule has 1 aromatic rings. The number of rotatable bonds is 6. The first-order chi connectivity index (χ1) is 10.2. The van der Waals surface area contributed by atoms with Crippen molar-refractivity contribution in [1.82, 2.24) is 5.32 Å². The van der Waals surface area contributed by atoms with Crippen LogP contribution in [-0.2, 0) is 0 Å². The van der Waals surface area contributed by atoms with Crippen LogP contribution < -0.4 is 15.5 Å². The molecule has 1 fully saturated rings. The average Bonchev–Trinajstić information content (AvgIpc) is 2.98. The van der Waals surface area contributed by atoms with Gasteiger partial charge in [0.25, 0.3) is 0 Å². The van der Waals surface area contributed by atoms with Crippen molar-refractivity contribution in [3.8, 4) is 0 Å². The summed E-state index contributed by atoms with van der Waals surface area (Å²) in [6, 6.07) is 5.54. The van der Waals surface area contributed by atoms with E-state index in [4.69, 9.17) is 11.6 Å². The Balaban J connectivity index is 1.86. The SMILES string of the molecule is CCCCCNC(=O)Nc1ccc(N2CCCC2)c(Cl)c1. The molecule has 1 aliphatic heterocycles. The third kappa shape index (κ3) is 4.81. The van der Waals surface area contributed by atoms with Gasteiger partial charge in [0.05, 0.1) is 10.7 Å². The number of amides is 2. The molecule has 5 heteroatoms. The third-order valence-corrected chi connectivity index (χ3v) is 4.02. The number of halogens is 1. The minimum Gasteiger partial charge on any atom is -0.370 e. The lowest BCUT2D eigenvalue weighted by Gasteiger charge is -2.19. The lowest BCUT2D eigenvalue weighted by atomic mass is 10.2. The van der Waals surface area contributed by atoms with Crippen molar-refractivity contribution in [1.29, 1.82) is 0 Å². The Hall–Kier alpha value is -1.42. The summed E-state index contributed by atoms with van der Waals surface area (Å²) in [5.74, 6) is 0. The van der Waals surface area contributed by atoms with Crippen molar-refractivity contribution in [3.05, 3.63) is 23.2 Å². The van der Waals surface area contributed by atoms with Crippen molar-refractivity contribution < 1.29 is 4.79 Å². The molecule has 1 aromatic carbocycles. The maximum absolute atomic E-state index is 11.8. The van der Waals surface area contributed by atoms with Crippen LogP contribution in [0.2, 0.25) is 5.02 Å². The van der Waals surface area contributed by atoms with E-state index in [2.05, 4.69) is 22.5 Å². The van der Waals surface area contributed by atoms with Crippen LogP contribution in [-0.4, -0.2) is 25.7 Å². The first-order valence-electron chi connectivity index (χ1n) is 7.80. The molecule has 1 heterocycles. The molecule has 0 spiro atoms. The fraction of sp³-hybridized carbons (Fsp3) is 0.562. The summed E-state index contributed by atoms with van der Waals surface area (Å²) in [5.41, 5.74) is 1.79. The summed E-state index contributed by atoms with van der Waals surface area (Å²) < 4.78 is 0. The molecule has 0 aliphatic carbocycles. The van der Waals surface area contributed by atoms with Gasteiger partial charge in [0.2, 0.25) is 0 Å². The molecule has 0 saturated carbocycles. The summed E-state index contributed by atoms with van der Waals surface area (Å²) in [6.07, 6.45) is 5.74. The standard InChI is InChI=1S/C16H24ClN3O/c1-2-3-4-9-18-16(21)19-13-7-8-15(14(17)12-13)20-10-5-6-11-20/h7-8,12H,2-6,9-11H2,1H3,(H2,18,19,21). The van der Waals surface area contributed by atoms with Crippen LogP contribution in [0.1, 0.15) is 39.0 Å². The van der Waals surface area contributed by atoms with Crippen LogP contribution >= 0.6 is 11.6 Å². The lowest BCUT2D eigenvalue weighted by molar-refractivity contribution is 0.252. The molecule has 0 aromatic heterocycles. The highest BCUT2D eigenvalue weighted by Crippen LogP contribution is 2.31. The number of hydrogen-bond donors (Lipinski definition) is 2. The highest BCUT2D eigenvalue weighted by Gasteiger charge is 2.15. The number of carbonyl (C=O) groups excluding carboxylic acids is 1. The van der Waals surface area contributed by atoms with Crippen LogP contribution in [0.15, 0.2) is 18.2 Å². The molecule has 0 bridgehead atoms. The van der Waals surface area contributed by atoms with Gasteiger partial charge in [-0.25, -0.2) is 4.79 Å². The van der Waals surface area contributed by atoms with Gasteiger partial charge >= 0.3 is 6.03 Å². The Kier molecular flexibility index (Phi) is 6.18. The van der Waals surface area contributed by atoms with Gasteiger partial charge in [-0.15, -0.1) is 0 Å². The molecule has 2 amide bonds. The van der Waals surface area contributed by atoms with E-state index < -0.39 is 0 Å². The maximum atomic E-state index is 11.8. The minimum absolute atomic E-state index is 0.170. The minimum atomic E-state index is -0.170. The van der Waals surface area contributed by atoms with Crippen LogP contribution in [0.3, 0.4) is 0 Å². The van der Waals surface area contributed by atoms with Crippen molar-refractivity contribution in [2.75, 3.05) is 29.9 Å². The number of nitrogens with one attached hydrogen (secondary N) is 2. The first kappa shape index (κ1) is 16.0. The van der Waals surface area contributed by atoms with Crippen LogP contribution in [0.25, 0.3) is 0 Å². The molecule has 0 radical (unpaired) electrons. The average molecular weight is 310 g/mol. The zero-order valence-corrected chi connectivity index (χ0v) is 13.4. The van der Waals surface area contributed by atoms with Crippen LogP contribution in [0.5, 0.6) is 0 Å². The van der Waals surface area contributed by atoms with E-state index >= 15 is 0 Å². The summed E-state index contributed by atoms with van der Waals surface area (Å²) in [6.45, 7) is 4.97. The van der Waals surface area contributed by atoms with Gasteiger partial charge in [-0.2, -0.15) is 0 Å². The second kappa shape index (κ2) is 8.13. The zero-order valence-electron chi connectivity index (χ0n) is 12.6. The van der Waals surface area contributed by atoms with E-state index in [1.54, 1.807) is 0 Å². The van der Waals surface area contributed by atoms with Crippen molar-refractivity contribution in [2.45, 2.75) is 39.0 Å². The Morgan fingerprint density at radius 3 is 2.71 bits per heavy atom. The molecular formula is C16H24ClN3O. The van der Waals surface area contributed by atoms with E-state index in [-0.39, 0.29) is 6.03 Å². The Morgan fingerprint density at radius 2 is 2.05 bits per heavy atom. The maximum Gasteiger partial charge on any atom is 0.319 e. The van der Waals surface area contributed by atoms with Crippen LogP contribution in [0, 0.1) is 0 Å². The topological polar surface area (TPSA) is 44.4 Å². The van der Waals surface area contributed by atoms with Crippen molar-refractivity contribution >= 4 is 29.0 Å². The number of hydrogen-bond acceptors (Lipinski definition) is 2. The number of nitrogens with zero attached hydrogens (tertiary/aromatic N) is 1. The van der Waals surface area contributed by atoms with Gasteiger partial charge in [-0.05, 0) is 37.5 Å². The summed E-state index contributed by atoms with van der Waals surface area (Å²) in [7, 11) is 0. The highest BCUT2D eigenvalue weighted by atomic mass is 35.5. The Labute approximate surface area is 131 Å². The van der Waals surface area contributed by atoms with Gasteiger partial charge in [-0.1, -0.05) is 31.4 Å². The second-order valence-corrected chi connectivity index (χ2v) is 5.86. The fourth-order valence-electron chi connectivity index (χ4n) is 2.55. The second-order valence-electron chi connectivity index (χ2n) is 5.45. The molecular weight excluding hydrogens is 286 g/mol. The zero-order chi connectivity index (χ0) is 15.1. The molecule has 0 unspecified atom stereocenters. The molecule has 1 saturated heterocycles. The molecule has 2 rings (SSSR count). The molecule has 4 nitrogen and oxygen atoms in total.